The van der Waals surface area contributed by atoms with E-state index in [0.29, 0.717) is 16.4 Å². The molecule has 0 radical (unpaired) electrons. The van der Waals surface area contributed by atoms with E-state index < -0.39 is 57.6 Å². The van der Waals surface area contributed by atoms with Gasteiger partial charge in [-0.2, -0.15) is 4.31 Å². The van der Waals surface area contributed by atoms with Crippen LogP contribution in [0.25, 0.3) is 0 Å². The van der Waals surface area contributed by atoms with Crippen LogP contribution < -0.4 is 5.32 Å². The number of hydrogen-bond donors (Lipinski definition) is 2. The first-order valence-corrected chi connectivity index (χ1v) is 7.14. The zero-order valence-electron chi connectivity index (χ0n) is 10.4. The molecule has 0 aliphatic carbocycles. The van der Waals surface area contributed by atoms with Crippen molar-refractivity contribution in [1.82, 2.24) is 9.62 Å². The van der Waals surface area contributed by atoms with E-state index in [0.717, 1.165) is 6.07 Å². The van der Waals surface area contributed by atoms with Gasteiger partial charge in [0.05, 0.1) is 11.4 Å². The number of nitrogens with zero attached hydrogens (tertiary/aromatic N) is 1. The summed E-state index contributed by atoms with van der Waals surface area (Å²) in [7, 11) is -4.44. The van der Waals surface area contributed by atoms with Crippen LogP contribution in [0.4, 0.5) is 8.78 Å². The number of hydrogen-bond acceptors (Lipinski definition) is 4. The normalized spacial score (nSPS) is 20.1. The first kappa shape index (κ1) is 15.3. The van der Waals surface area contributed by atoms with Crippen molar-refractivity contribution < 1.29 is 31.9 Å². The Labute approximate surface area is 118 Å². The molecule has 0 saturated carbocycles. The molecular weight excluding hydrogens is 310 g/mol. The molecule has 1 atom stereocenters. The number of halogens is 2. The molecule has 10 heteroatoms. The highest BCUT2D eigenvalue weighted by Gasteiger charge is 2.40. The molecule has 21 heavy (non-hydrogen) atoms. The van der Waals surface area contributed by atoms with Crippen molar-refractivity contribution in [3.8, 4) is 0 Å². The monoisotopic (exact) mass is 320 g/mol. The Bertz CT molecular complexity index is 707. The summed E-state index contributed by atoms with van der Waals surface area (Å²) in [5.41, 5.74) is 0. The molecule has 1 amide bonds. The van der Waals surface area contributed by atoms with Gasteiger partial charge in [0.1, 0.15) is 6.04 Å². The van der Waals surface area contributed by atoms with Crippen molar-refractivity contribution in [1.29, 1.82) is 0 Å². The predicted molar refractivity (Wildman–Crippen MR) is 64.7 cm³/mol. The fourth-order valence-electron chi connectivity index (χ4n) is 1.86. The fraction of sp³-hybridized carbons (Fsp3) is 0.273. The van der Waals surface area contributed by atoms with Gasteiger partial charge in [0.15, 0.2) is 11.6 Å². The number of nitrogens with one attached hydrogen (secondary N) is 1. The van der Waals surface area contributed by atoms with Crippen LogP contribution in [0.5, 0.6) is 0 Å². The zero-order chi connectivity index (χ0) is 15.8. The molecule has 0 bridgehead atoms. The summed E-state index contributed by atoms with van der Waals surface area (Å²) in [5.74, 6) is -4.76. The Balaban J connectivity index is 2.46. The molecule has 1 aliphatic heterocycles. The number of benzene rings is 1. The molecule has 2 rings (SSSR count). The van der Waals surface area contributed by atoms with E-state index >= 15 is 0 Å². The van der Waals surface area contributed by atoms with Crippen LogP contribution in [0.2, 0.25) is 0 Å². The average molecular weight is 320 g/mol. The third-order valence-electron chi connectivity index (χ3n) is 2.92. The van der Waals surface area contributed by atoms with Gasteiger partial charge in [-0.3, -0.25) is 9.59 Å². The zero-order valence-corrected chi connectivity index (χ0v) is 11.2. The van der Waals surface area contributed by atoms with E-state index in [2.05, 4.69) is 5.32 Å². The van der Waals surface area contributed by atoms with Crippen LogP contribution in [-0.4, -0.2) is 48.8 Å². The van der Waals surface area contributed by atoms with E-state index in [4.69, 9.17) is 5.11 Å². The molecule has 1 aromatic rings. The van der Waals surface area contributed by atoms with Crippen molar-refractivity contribution in [2.75, 3.05) is 13.1 Å². The first-order chi connectivity index (χ1) is 9.73. The largest absolute Gasteiger partial charge is 0.480 e. The molecule has 1 fully saturated rings. The molecule has 1 heterocycles. The van der Waals surface area contributed by atoms with Crippen molar-refractivity contribution in [2.24, 2.45) is 0 Å². The highest BCUT2D eigenvalue weighted by molar-refractivity contribution is 7.89. The van der Waals surface area contributed by atoms with Crippen molar-refractivity contribution in [3.05, 3.63) is 29.8 Å². The number of piperazine rings is 1. The molecule has 2 N–H and O–H groups in total. The maximum absolute atomic E-state index is 13.2. The van der Waals surface area contributed by atoms with Gasteiger partial charge in [0, 0.05) is 6.54 Å². The van der Waals surface area contributed by atoms with Crippen LogP contribution in [0.3, 0.4) is 0 Å². The highest BCUT2D eigenvalue weighted by atomic mass is 32.2. The number of sulfonamides is 1. The Kier molecular flexibility index (Phi) is 3.92. The lowest BCUT2D eigenvalue weighted by Crippen LogP contribution is -2.59. The molecule has 1 aliphatic rings. The summed E-state index contributed by atoms with van der Waals surface area (Å²) in [4.78, 5) is 21.8. The van der Waals surface area contributed by atoms with E-state index in [9.17, 15) is 26.8 Å². The van der Waals surface area contributed by atoms with Crippen LogP contribution in [0.15, 0.2) is 23.1 Å². The van der Waals surface area contributed by atoms with Gasteiger partial charge >= 0.3 is 5.97 Å². The van der Waals surface area contributed by atoms with Gasteiger partial charge in [-0.15, -0.1) is 0 Å². The standard InChI is InChI=1S/C11H10F2N2O5S/c12-7-2-1-6(3-8(7)13)21(19,20)15-5-10(16)14-4-9(15)11(17)18/h1-3,9H,4-5H2,(H,14,16)(H,17,18). The Morgan fingerprint density at radius 1 is 1.33 bits per heavy atom. The van der Waals surface area contributed by atoms with Crippen molar-refractivity contribution >= 4 is 21.9 Å². The van der Waals surface area contributed by atoms with Gasteiger partial charge in [0.2, 0.25) is 15.9 Å². The molecule has 7 nitrogen and oxygen atoms in total. The van der Waals surface area contributed by atoms with Gasteiger partial charge < -0.3 is 10.4 Å². The molecular formula is C11H10F2N2O5S. The SMILES string of the molecule is O=C1CN(S(=O)(=O)c2ccc(F)c(F)c2)C(C(=O)O)CN1. The third kappa shape index (κ3) is 2.85. The minimum absolute atomic E-state index is 0.406. The second-order valence-corrected chi connectivity index (χ2v) is 6.17. The molecule has 0 aromatic heterocycles. The van der Waals surface area contributed by atoms with Crippen molar-refractivity contribution in [3.63, 3.8) is 0 Å². The number of carbonyl (C=O) groups excluding carboxylic acids is 1. The third-order valence-corrected chi connectivity index (χ3v) is 4.77. The topological polar surface area (TPSA) is 104 Å². The second kappa shape index (κ2) is 5.37. The minimum atomic E-state index is -4.44. The van der Waals surface area contributed by atoms with Crippen LogP contribution in [0, 0.1) is 11.6 Å². The molecule has 1 aromatic carbocycles. The molecule has 114 valence electrons. The maximum atomic E-state index is 13.2. The van der Waals surface area contributed by atoms with E-state index in [1.54, 1.807) is 0 Å². The quantitative estimate of drug-likeness (QED) is 0.784. The summed E-state index contributed by atoms with van der Waals surface area (Å²) in [6.45, 7) is -1.12. The Morgan fingerprint density at radius 3 is 2.57 bits per heavy atom. The maximum Gasteiger partial charge on any atom is 0.323 e. The lowest BCUT2D eigenvalue weighted by atomic mass is 10.2. The smallest absolute Gasteiger partial charge is 0.323 e. The lowest BCUT2D eigenvalue weighted by Gasteiger charge is -2.31. The lowest BCUT2D eigenvalue weighted by molar-refractivity contribution is -0.143. The number of amides is 1. The van der Waals surface area contributed by atoms with Crippen LogP contribution in [0.1, 0.15) is 0 Å². The molecule has 0 spiro atoms. The first-order valence-electron chi connectivity index (χ1n) is 5.70. The second-order valence-electron chi connectivity index (χ2n) is 4.28. The summed E-state index contributed by atoms with van der Waals surface area (Å²) >= 11 is 0. The Morgan fingerprint density at radius 2 is 2.00 bits per heavy atom. The highest BCUT2D eigenvalue weighted by Crippen LogP contribution is 2.21. The van der Waals surface area contributed by atoms with Gasteiger partial charge in [-0.25, -0.2) is 17.2 Å². The van der Waals surface area contributed by atoms with Gasteiger partial charge in [-0.05, 0) is 18.2 Å². The number of carboxylic acids is 1. The van der Waals surface area contributed by atoms with E-state index in [1.807, 2.05) is 0 Å². The minimum Gasteiger partial charge on any atom is -0.480 e. The van der Waals surface area contributed by atoms with Gasteiger partial charge in [0.25, 0.3) is 0 Å². The Hall–Kier alpha value is -2.07. The van der Waals surface area contributed by atoms with Gasteiger partial charge in [-0.1, -0.05) is 0 Å². The predicted octanol–water partition coefficient (Wildman–Crippen LogP) is -0.461. The fourth-order valence-corrected chi connectivity index (χ4v) is 3.41. The van der Waals surface area contributed by atoms with Crippen molar-refractivity contribution in [2.45, 2.75) is 10.9 Å². The number of carbonyl (C=O) groups is 2. The van der Waals surface area contributed by atoms with Crippen LogP contribution >= 0.6 is 0 Å². The van der Waals surface area contributed by atoms with E-state index in [1.165, 1.54) is 0 Å². The molecule has 1 unspecified atom stereocenters. The number of aliphatic carboxylic acids is 1. The summed E-state index contributed by atoms with van der Waals surface area (Å²) < 4.78 is 51.1. The number of carboxylic acid groups (broad SMARTS) is 1. The summed E-state index contributed by atoms with van der Waals surface area (Å²) in [6.07, 6.45) is 0. The van der Waals surface area contributed by atoms with Crippen LogP contribution in [-0.2, 0) is 19.6 Å². The summed E-state index contributed by atoms with van der Waals surface area (Å²) in [5, 5.41) is 11.2. The summed E-state index contributed by atoms with van der Waals surface area (Å²) in [6, 6.07) is 0.345. The molecule has 1 saturated heterocycles. The number of rotatable bonds is 3. The average Bonchev–Trinajstić information content (AvgIpc) is 2.41. The van der Waals surface area contributed by atoms with E-state index in [-0.39, 0.29) is 0 Å².